The number of ether oxygens (including phenoxy) is 1. The Morgan fingerprint density at radius 2 is 1.63 bits per heavy atom. The fourth-order valence-corrected chi connectivity index (χ4v) is 2.84. The lowest BCUT2D eigenvalue weighted by Gasteiger charge is -2.18. The van der Waals surface area contributed by atoms with E-state index in [4.69, 9.17) is 0 Å². The lowest BCUT2D eigenvalue weighted by Crippen LogP contribution is -2.35. The van der Waals surface area contributed by atoms with E-state index in [0.717, 1.165) is 22.4 Å². The van der Waals surface area contributed by atoms with E-state index >= 15 is 0 Å². The van der Waals surface area contributed by atoms with Crippen molar-refractivity contribution >= 4 is 17.5 Å². The second-order valence-corrected chi connectivity index (χ2v) is 6.39. The molecule has 0 radical (unpaired) electrons. The molecule has 0 aliphatic rings. The van der Waals surface area contributed by atoms with Crippen molar-refractivity contribution in [1.29, 1.82) is 0 Å². The number of likely N-dealkylation sites (N-methyl/N-ethyl adjacent to an activating group) is 1. The number of carbonyl (C=O) groups is 2. The summed E-state index contributed by atoms with van der Waals surface area (Å²) in [6, 6.07) is 9.27. The second-order valence-electron chi connectivity index (χ2n) is 6.39. The van der Waals surface area contributed by atoms with Crippen LogP contribution in [-0.2, 0) is 4.79 Å². The Balaban J connectivity index is 2.00. The molecule has 2 rings (SSSR count). The Morgan fingerprint density at radius 3 is 2.15 bits per heavy atom. The number of nitrogens with one attached hydrogen (secondary N) is 1. The molecule has 144 valence electrons. The number of nitrogens with zero attached hydrogens (tertiary/aromatic N) is 1. The summed E-state index contributed by atoms with van der Waals surface area (Å²) in [5.41, 5.74) is 4.01. The minimum atomic E-state index is -2.92. The van der Waals surface area contributed by atoms with E-state index in [1.807, 2.05) is 32.9 Å². The monoisotopic (exact) mass is 376 g/mol. The van der Waals surface area contributed by atoms with Gasteiger partial charge in [0, 0.05) is 18.3 Å². The minimum Gasteiger partial charge on any atom is -0.435 e. The summed E-state index contributed by atoms with van der Waals surface area (Å²) >= 11 is 0. The molecule has 0 aliphatic heterocycles. The molecule has 0 spiro atoms. The van der Waals surface area contributed by atoms with Crippen molar-refractivity contribution in [3.63, 3.8) is 0 Å². The maximum Gasteiger partial charge on any atom is 0.387 e. The summed E-state index contributed by atoms with van der Waals surface area (Å²) < 4.78 is 28.6. The van der Waals surface area contributed by atoms with Gasteiger partial charge < -0.3 is 15.0 Å². The number of carbonyl (C=O) groups excluding carboxylic acids is 2. The molecule has 0 aliphatic carbocycles. The predicted octanol–water partition coefficient (Wildman–Crippen LogP) is 3.92. The zero-order chi connectivity index (χ0) is 20.1. The van der Waals surface area contributed by atoms with Gasteiger partial charge in [-0.2, -0.15) is 8.78 Å². The standard InChI is InChI=1S/C20H22F2N2O3/c1-12-9-13(2)18(14(3)10-12)23-17(25)11-24(4)19(26)15-5-7-16(8-6-15)27-20(21)22/h5-10,20H,11H2,1-4H3,(H,23,25). The second kappa shape index (κ2) is 8.62. The third kappa shape index (κ3) is 5.51. The quantitative estimate of drug-likeness (QED) is 0.831. The van der Waals surface area contributed by atoms with Gasteiger partial charge in [0.15, 0.2) is 0 Å². The Labute approximate surface area is 156 Å². The van der Waals surface area contributed by atoms with Crippen molar-refractivity contribution in [3.05, 3.63) is 58.7 Å². The van der Waals surface area contributed by atoms with Crippen molar-refractivity contribution in [3.8, 4) is 5.75 Å². The number of hydrogen-bond acceptors (Lipinski definition) is 3. The summed E-state index contributed by atoms with van der Waals surface area (Å²) in [5.74, 6) is -0.753. The Hall–Kier alpha value is -2.96. The average molecular weight is 376 g/mol. The number of amides is 2. The van der Waals surface area contributed by atoms with Crippen LogP contribution in [0, 0.1) is 20.8 Å². The van der Waals surface area contributed by atoms with Gasteiger partial charge in [-0.25, -0.2) is 0 Å². The Kier molecular flexibility index (Phi) is 6.50. The minimum absolute atomic E-state index is 0.0349. The van der Waals surface area contributed by atoms with Gasteiger partial charge in [0.2, 0.25) is 5.91 Å². The Bertz CT molecular complexity index is 813. The zero-order valence-corrected chi connectivity index (χ0v) is 15.7. The van der Waals surface area contributed by atoms with E-state index in [9.17, 15) is 18.4 Å². The third-order valence-electron chi connectivity index (χ3n) is 4.00. The first-order valence-electron chi connectivity index (χ1n) is 8.35. The van der Waals surface area contributed by atoms with E-state index in [1.54, 1.807) is 0 Å². The van der Waals surface area contributed by atoms with Crippen molar-refractivity contribution in [2.24, 2.45) is 0 Å². The molecular formula is C20H22F2N2O3. The van der Waals surface area contributed by atoms with Gasteiger partial charge >= 0.3 is 6.61 Å². The first-order chi connectivity index (χ1) is 12.7. The summed E-state index contributed by atoms with van der Waals surface area (Å²) in [4.78, 5) is 26.0. The van der Waals surface area contributed by atoms with Crippen molar-refractivity contribution < 1.29 is 23.1 Å². The van der Waals surface area contributed by atoms with Crippen LogP contribution in [0.25, 0.3) is 0 Å². The SMILES string of the molecule is Cc1cc(C)c(NC(=O)CN(C)C(=O)c2ccc(OC(F)F)cc2)c(C)c1. The summed E-state index contributed by atoms with van der Waals surface area (Å²) in [6.07, 6.45) is 0. The molecule has 1 N–H and O–H groups in total. The summed E-state index contributed by atoms with van der Waals surface area (Å²) in [7, 11) is 1.50. The molecule has 2 aromatic carbocycles. The molecule has 0 atom stereocenters. The van der Waals surface area contributed by atoms with Crippen LogP contribution in [0.3, 0.4) is 0 Å². The molecule has 0 unspecified atom stereocenters. The number of halogens is 2. The van der Waals surface area contributed by atoms with Crippen LogP contribution in [0.2, 0.25) is 0 Å². The molecule has 27 heavy (non-hydrogen) atoms. The van der Waals surface area contributed by atoms with Crippen molar-refractivity contribution in [1.82, 2.24) is 4.90 Å². The summed E-state index contributed by atoms with van der Waals surface area (Å²) in [6.45, 7) is 2.74. The maximum absolute atomic E-state index is 12.4. The zero-order valence-electron chi connectivity index (χ0n) is 15.7. The molecule has 0 fully saturated rings. The molecule has 0 saturated carbocycles. The van der Waals surface area contributed by atoms with Crippen molar-refractivity contribution in [2.75, 3.05) is 18.9 Å². The van der Waals surface area contributed by atoms with Gasteiger partial charge in [-0.05, 0) is 56.2 Å². The molecule has 0 saturated heterocycles. The number of benzene rings is 2. The van der Waals surface area contributed by atoms with Crippen LogP contribution in [0.4, 0.5) is 14.5 Å². The van der Waals surface area contributed by atoms with E-state index < -0.39 is 12.5 Å². The van der Waals surface area contributed by atoms with Crippen LogP contribution in [0.1, 0.15) is 27.0 Å². The van der Waals surface area contributed by atoms with E-state index in [1.165, 1.54) is 36.2 Å². The van der Waals surface area contributed by atoms with Gasteiger partial charge in [-0.3, -0.25) is 9.59 Å². The van der Waals surface area contributed by atoms with Crippen molar-refractivity contribution in [2.45, 2.75) is 27.4 Å². The Morgan fingerprint density at radius 1 is 1.07 bits per heavy atom. The van der Waals surface area contributed by atoms with Crippen LogP contribution < -0.4 is 10.1 Å². The van der Waals surface area contributed by atoms with Gasteiger partial charge in [-0.15, -0.1) is 0 Å². The molecular weight excluding hydrogens is 354 g/mol. The molecule has 7 heteroatoms. The van der Waals surface area contributed by atoms with Gasteiger partial charge in [0.25, 0.3) is 5.91 Å². The van der Waals surface area contributed by atoms with Gasteiger partial charge in [0.1, 0.15) is 5.75 Å². The maximum atomic E-state index is 12.4. The molecule has 0 bridgehead atoms. The normalized spacial score (nSPS) is 10.6. The van der Waals surface area contributed by atoms with E-state index in [0.29, 0.717) is 0 Å². The highest BCUT2D eigenvalue weighted by atomic mass is 19.3. The number of hydrogen-bond donors (Lipinski definition) is 1. The fourth-order valence-electron chi connectivity index (χ4n) is 2.84. The first-order valence-corrected chi connectivity index (χ1v) is 8.35. The highest BCUT2D eigenvalue weighted by molar-refractivity contribution is 5.99. The number of alkyl halides is 2. The molecule has 2 aromatic rings. The average Bonchev–Trinajstić information content (AvgIpc) is 2.57. The number of rotatable bonds is 6. The van der Waals surface area contributed by atoms with Crippen LogP contribution in [0.5, 0.6) is 5.75 Å². The van der Waals surface area contributed by atoms with Crippen LogP contribution >= 0.6 is 0 Å². The largest absolute Gasteiger partial charge is 0.435 e. The van der Waals surface area contributed by atoms with Gasteiger partial charge in [-0.1, -0.05) is 17.7 Å². The lowest BCUT2D eigenvalue weighted by atomic mass is 10.1. The van der Waals surface area contributed by atoms with Crippen LogP contribution in [0.15, 0.2) is 36.4 Å². The highest BCUT2D eigenvalue weighted by Crippen LogP contribution is 2.22. The molecule has 5 nitrogen and oxygen atoms in total. The highest BCUT2D eigenvalue weighted by Gasteiger charge is 2.16. The third-order valence-corrected chi connectivity index (χ3v) is 4.00. The summed E-state index contributed by atoms with van der Waals surface area (Å²) in [5, 5.41) is 2.84. The topological polar surface area (TPSA) is 58.6 Å². The molecule has 2 amide bonds. The van der Waals surface area contributed by atoms with E-state index in [2.05, 4.69) is 10.1 Å². The van der Waals surface area contributed by atoms with Crippen LogP contribution in [-0.4, -0.2) is 36.9 Å². The lowest BCUT2D eigenvalue weighted by molar-refractivity contribution is -0.116. The predicted molar refractivity (Wildman–Crippen MR) is 99.3 cm³/mol. The van der Waals surface area contributed by atoms with Gasteiger partial charge in [0.05, 0.1) is 6.54 Å². The first kappa shape index (κ1) is 20.4. The fraction of sp³-hybridized carbons (Fsp3) is 0.300. The number of anilines is 1. The molecule has 0 aromatic heterocycles. The van der Waals surface area contributed by atoms with E-state index in [-0.39, 0.29) is 23.8 Å². The number of aryl methyl sites for hydroxylation is 3. The smallest absolute Gasteiger partial charge is 0.387 e. The molecule has 0 heterocycles.